The van der Waals surface area contributed by atoms with Crippen molar-refractivity contribution in [2.75, 3.05) is 19.0 Å². The van der Waals surface area contributed by atoms with Crippen molar-refractivity contribution in [3.8, 4) is 5.75 Å². The van der Waals surface area contributed by atoms with E-state index in [0.29, 0.717) is 5.02 Å². The zero-order valence-electron chi connectivity index (χ0n) is 13.2. The van der Waals surface area contributed by atoms with Crippen LogP contribution >= 0.6 is 27.5 Å². The second kappa shape index (κ2) is 8.46. The van der Waals surface area contributed by atoms with Crippen LogP contribution in [0.15, 0.2) is 40.9 Å². The van der Waals surface area contributed by atoms with Gasteiger partial charge < -0.3 is 15.4 Å². The van der Waals surface area contributed by atoms with Crippen molar-refractivity contribution in [1.29, 1.82) is 0 Å². The maximum Gasteiger partial charge on any atom is 0.238 e. The number of carbonyl (C=O) groups excluding carboxylic acids is 1. The first-order chi connectivity index (χ1) is 11.4. The molecule has 2 rings (SSSR count). The van der Waals surface area contributed by atoms with Gasteiger partial charge in [0.15, 0.2) is 0 Å². The predicted molar refractivity (Wildman–Crippen MR) is 97.2 cm³/mol. The molecule has 0 saturated heterocycles. The first-order valence-corrected chi connectivity index (χ1v) is 8.39. The molecule has 0 unspecified atom stereocenters. The first kappa shape index (κ1) is 18.7. The lowest BCUT2D eigenvalue weighted by Gasteiger charge is -2.15. The molecule has 0 spiro atoms. The summed E-state index contributed by atoms with van der Waals surface area (Å²) in [7, 11) is 1.60. The Morgan fingerprint density at radius 1 is 1.33 bits per heavy atom. The van der Waals surface area contributed by atoms with E-state index in [-0.39, 0.29) is 24.2 Å². The van der Waals surface area contributed by atoms with Gasteiger partial charge in [-0.2, -0.15) is 0 Å². The molecule has 0 aromatic heterocycles. The van der Waals surface area contributed by atoms with E-state index in [1.807, 2.05) is 25.1 Å². The SMILES string of the molecule is COc1ccc([C@H](C)NCC(=O)Nc2cc(Cl)ccc2F)cc1Br. The van der Waals surface area contributed by atoms with Crippen molar-refractivity contribution >= 4 is 39.1 Å². The van der Waals surface area contributed by atoms with Crippen LogP contribution in [0.25, 0.3) is 0 Å². The Labute approximate surface area is 153 Å². The number of methoxy groups -OCH3 is 1. The Morgan fingerprint density at radius 3 is 2.75 bits per heavy atom. The molecule has 0 aliphatic heterocycles. The lowest BCUT2D eigenvalue weighted by molar-refractivity contribution is -0.115. The maximum absolute atomic E-state index is 13.6. The topological polar surface area (TPSA) is 50.4 Å². The van der Waals surface area contributed by atoms with E-state index >= 15 is 0 Å². The van der Waals surface area contributed by atoms with Crippen molar-refractivity contribution in [3.05, 3.63) is 57.3 Å². The number of hydrogen-bond acceptors (Lipinski definition) is 3. The minimum Gasteiger partial charge on any atom is -0.496 e. The summed E-state index contributed by atoms with van der Waals surface area (Å²) in [6.45, 7) is 1.97. The van der Waals surface area contributed by atoms with Crippen molar-refractivity contribution in [2.24, 2.45) is 0 Å². The van der Waals surface area contributed by atoms with Gasteiger partial charge in [0.1, 0.15) is 11.6 Å². The molecule has 2 N–H and O–H groups in total. The highest BCUT2D eigenvalue weighted by atomic mass is 79.9. The summed E-state index contributed by atoms with van der Waals surface area (Å²) in [5, 5.41) is 5.94. The molecular formula is C17H17BrClFN2O2. The molecule has 0 aliphatic carbocycles. The molecule has 2 aromatic carbocycles. The van der Waals surface area contributed by atoms with E-state index in [2.05, 4.69) is 26.6 Å². The number of carbonyl (C=O) groups is 1. The second-order valence-electron chi connectivity index (χ2n) is 5.17. The van der Waals surface area contributed by atoms with E-state index in [1.165, 1.54) is 18.2 Å². The summed E-state index contributed by atoms with van der Waals surface area (Å²) in [4.78, 5) is 12.0. The van der Waals surface area contributed by atoms with Crippen molar-refractivity contribution in [2.45, 2.75) is 13.0 Å². The van der Waals surface area contributed by atoms with E-state index in [9.17, 15) is 9.18 Å². The zero-order valence-corrected chi connectivity index (χ0v) is 15.5. The fraction of sp³-hybridized carbons (Fsp3) is 0.235. The molecule has 0 saturated carbocycles. The summed E-state index contributed by atoms with van der Waals surface area (Å²) in [5.74, 6) is -0.143. The molecule has 2 aromatic rings. The number of hydrogen-bond donors (Lipinski definition) is 2. The van der Waals surface area contributed by atoms with Crippen LogP contribution in [0.1, 0.15) is 18.5 Å². The van der Waals surface area contributed by atoms with Crippen molar-refractivity contribution < 1.29 is 13.9 Å². The minimum atomic E-state index is -0.528. The summed E-state index contributed by atoms with van der Waals surface area (Å²) in [6, 6.07) is 9.62. The Morgan fingerprint density at radius 2 is 2.08 bits per heavy atom. The number of halogens is 3. The van der Waals surface area contributed by atoms with Crippen LogP contribution in [-0.4, -0.2) is 19.6 Å². The van der Waals surface area contributed by atoms with Crippen LogP contribution < -0.4 is 15.4 Å². The van der Waals surface area contributed by atoms with Gasteiger partial charge in [-0.25, -0.2) is 4.39 Å². The molecule has 4 nitrogen and oxygen atoms in total. The largest absolute Gasteiger partial charge is 0.496 e. The number of rotatable bonds is 6. The molecule has 1 atom stereocenters. The molecule has 7 heteroatoms. The minimum absolute atomic E-state index is 0.0385. The van der Waals surface area contributed by atoms with E-state index in [0.717, 1.165) is 15.8 Å². The third-order valence-corrected chi connectivity index (χ3v) is 4.30. The van der Waals surface area contributed by atoms with Crippen LogP contribution in [0, 0.1) is 5.82 Å². The Bertz CT molecular complexity index is 743. The lowest BCUT2D eigenvalue weighted by Crippen LogP contribution is -2.30. The predicted octanol–water partition coefficient (Wildman–Crippen LogP) is 4.54. The number of nitrogens with one attached hydrogen (secondary N) is 2. The van der Waals surface area contributed by atoms with E-state index in [1.54, 1.807) is 7.11 Å². The monoisotopic (exact) mass is 414 g/mol. The van der Waals surface area contributed by atoms with Gasteiger partial charge in [0.2, 0.25) is 5.91 Å². The molecular weight excluding hydrogens is 399 g/mol. The van der Waals surface area contributed by atoms with Crippen LogP contribution in [0.4, 0.5) is 10.1 Å². The fourth-order valence-corrected chi connectivity index (χ4v) is 2.83. The van der Waals surface area contributed by atoms with Gasteiger partial charge in [0.25, 0.3) is 0 Å². The summed E-state index contributed by atoms with van der Waals surface area (Å²) in [5.41, 5.74) is 1.05. The van der Waals surface area contributed by atoms with Gasteiger partial charge in [0.05, 0.1) is 23.8 Å². The van der Waals surface area contributed by atoms with Crippen LogP contribution in [0.5, 0.6) is 5.75 Å². The van der Waals surface area contributed by atoms with Crippen LogP contribution in [0.2, 0.25) is 5.02 Å². The number of anilines is 1. The standard InChI is InChI=1S/C17H17BrClFN2O2/c1-10(11-3-6-16(24-2)13(18)7-11)21-9-17(23)22-15-8-12(19)4-5-14(15)20/h3-8,10,21H,9H2,1-2H3,(H,22,23)/t10-/m0/s1. The Hall–Kier alpha value is -1.63. The quantitative estimate of drug-likeness (QED) is 0.728. The average Bonchev–Trinajstić information content (AvgIpc) is 2.56. The molecule has 0 heterocycles. The normalized spacial score (nSPS) is 11.9. The fourth-order valence-electron chi connectivity index (χ4n) is 2.10. The Balaban J connectivity index is 1.93. The molecule has 0 fully saturated rings. The molecule has 24 heavy (non-hydrogen) atoms. The summed E-state index contributed by atoms with van der Waals surface area (Å²) in [6.07, 6.45) is 0. The van der Waals surface area contributed by atoms with Gasteiger partial charge in [0, 0.05) is 11.1 Å². The molecule has 1 amide bonds. The maximum atomic E-state index is 13.6. The molecule has 128 valence electrons. The number of benzene rings is 2. The van der Waals surface area contributed by atoms with Gasteiger partial charge in [-0.05, 0) is 58.7 Å². The van der Waals surface area contributed by atoms with E-state index < -0.39 is 5.82 Å². The number of amides is 1. The van der Waals surface area contributed by atoms with Gasteiger partial charge in [-0.15, -0.1) is 0 Å². The van der Waals surface area contributed by atoms with Crippen LogP contribution in [-0.2, 0) is 4.79 Å². The third kappa shape index (κ3) is 4.93. The molecule has 0 aliphatic rings. The molecule has 0 bridgehead atoms. The summed E-state index contributed by atoms with van der Waals surface area (Å²) < 4.78 is 19.6. The zero-order chi connectivity index (χ0) is 17.7. The van der Waals surface area contributed by atoms with Crippen molar-refractivity contribution in [1.82, 2.24) is 5.32 Å². The van der Waals surface area contributed by atoms with E-state index in [4.69, 9.17) is 16.3 Å². The Kier molecular flexibility index (Phi) is 6.60. The lowest BCUT2D eigenvalue weighted by atomic mass is 10.1. The van der Waals surface area contributed by atoms with Gasteiger partial charge in [-0.1, -0.05) is 17.7 Å². The summed E-state index contributed by atoms with van der Waals surface area (Å²) >= 11 is 9.23. The highest BCUT2D eigenvalue weighted by Crippen LogP contribution is 2.28. The highest BCUT2D eigenvalue weighted by molar-refractivity contribution is 9.10. The molecule has 0 radical (unpaired) electrons. The van der Waals surface area contributed by atoms with Crippen molar-refractivity contribution in [3.63, 3.8) is 0 Å². The first-order valence-electron chi connectivity index (χ1n) is 7.22. The third-order valence-electron chi connectivity index (χ3n) is 3.45. The number of ether oxygens (including phenoxy) is 1. The van der Waals surface area contributed by atoms with Crippen LogP contribution in [0.3, 0.4) is 0 Å². The average molecular weight is 416 g/mol. The van der Waals surface area contributed by atoms with Gasteiger partial charge >= 0.3 is 0 Å². The van der Waals surface area contributed by atoms with Gasteiger partial charge in [-0.3, -0.25) is 4.79 Å². The highest BCUT2D eigenvalue weighted by Gasteiger charge is 2.12. The second-order valence-corrected chi connectivity index (χ2v) is 6.46. The smallest absolute Gasteiger partial charge is 0.238 e.